The highest BCUT2D eigenvalue weighted by atomic mass is 35.5. The van der Waals surface area contributed by atoms with E-state index in [1.807, 2.05) is 46.8 Å². The van der Waals surface area contributed by atoms with Gasteiger partial charge in [-0.1, -0.05) is 71.3 Å². The standard InChI is InChI=1S/C78H124Cl2N12O13/c1-12-49(3)66-74(102)85(7)46-65(95)87(9)59-28-18-15-21-39-91(73(59)101)62-41-52-31-29-50(30-32-52)24-16-14-17-27-58(68(96)82-66)86(8)64(94)43-61(72(100)90-37-22-23-38-90)88(10)75(103)67(53-25-19-20-26-53)89(11)76(104)78(47-77(4,5)48-78)83-69(97)60-42-54(105-13-2)44-92(60)70(98)57(81-63(93)45-84(6)71(62)99)36-34-51-33-35-55(79)56(80)40-51/h15-16,18,24,49-62,66-67,75,103H,12-14,17,19-23,25-48H2,1-11H3,(H,81,93)(H,82,96)(H,83,97)/b18-15-,24-16+/t49-,50?,51?,52?,54+,55?,56?,57-,58-,59-,60-,61-,62-,66-,67-,75?/m0/s1. The zero-order chi connectivity index (χ0) is 76.4. The minimum atomic E-state index is -1.53. The summed E-state index contributed by atoms with van der Waals surface area (Å²) in [6.07, 6.45) is 18.3. The van der Waals surface area contributed by atoms with Gasteiger partial charge in [0, 0.05) is 79.8 Å². The van der Waals surface area contributed by atoms with Gasteiger partial charge in [-0.2, -0.15) is 0 Å². The lowest BCUT2D eigenvalue weighted by Crippen LogP contribution is -2.72. The average molecular weight is 1510 g/mol. The SMILES string of the molecule is CCO[C@@H]1C[C@H]2C(=O)NC3(CC(C)(C)C3)C(=O)N(C)[C@@H](C3CCCC3)C(O)N(C)[C@H](C(=O)N3CCCC3)CC(=O)N(C)[C@H]3CCC/C=C/C4CCC(CC4)C[C@@H](C(=O)N(C)CC(=O)N[C@@H](CCC4CCC(Cl)C(Cl)C4)C(=O)N2C1)N1CC/C=C\C[C@@H](C1=O)N(C)C(=O)CN(C)C(=O)[C@H]([C@@H](C)CC)NC3=O. The molecule has 105 heavy (non-hydrogen) atoms. The molecule has 11 rings (SSSR count). The fourth-order valence-corrected chi connectivity index (χ4v) is 19.4. The predicted octanol–water partition coefficient (Wildman–Crippen LogP) is 6.19. The average Bonchev–Trinajstić information content (AvgIpc) is 1.26. The van der Waals surface area contributed by atoms with Crippen molar-refractivity contribution in [1.82, 2.24) is 60.0 Å². The smallest absolute Gasteiger partial charge is 0.248 e. The van der Waals surface area contributed by atoms with Crippen molar-refractivity contribution < 1.29 is 62.6 Å². The molecule has 1 spiro atoms. The van der Waals surface area contributed by atoms with E-state index < -0.39 is 162 Å². The molecule has 11 amide bonds. The van der Waals surface area contributed by atoms with Gasteiger partial charge in [0.05, 0.1) is 43.1 Å². The van der Waals surface area contributed by atoms with Crippen LogP contribution in [-0.2, 0) is 57.5 Å². The first-order valence-electron chi connectivity index (χ1n) is 39.6. The van der Waals surface area contributed by atoms with E-state index in [0.717, 1.165) is 57.8 Å². The number of likely N-dealkylation sites (N-methyl/N-ethyl adjacent to an activating group) is 6. The van der Waals surface area contributed by atoms with E-state index in [1.165, 1.54) is 62.5 Å². The number of hydrogen-bond acceptors (Lipinski definition) is 14. The van der Waals surface area contributed by atoms with Gasteiger partial charge in [-0.15, -0.1) is 23.2 Å². The molecule has 4 N–H and O–H groups in total. The molecule has 4 aliphatic carbocycles. The Morgan fingerprint density at radius 1 is 0.638 bits per heavy atom. The number of allylic oxidation sites excluding steroid dienone is 2. The molecule has 2 saturated heterocycles. The van der Waals surface area contributed by atoms with Gasteiger partial charge in [-0.3, -0.25) is 57.6 Å². The topological polar surface area (TPSA) is 282 Å². The van der Waals surface area contributed by atoms with Crippen molar-refractivity contribution >= 4 is 88.2 Å². The third-order valence-corrected chi connectivity index (χ3v) is 26.3. The Morgan fingerprint density at radius 2 is 1.31 bits per heavy atom. The first-order chi connectivity index (χ1) is 49.9. The molecule has 6 fully saturated rings. The number of nitrogens with zero attached hydrogens (tertiary/aromatic N) is 9. The third-order valence-electron chi connectivity index (χ3n) is 25.1. The number of hydrogen-bond donors (Lipinski definition) is 4. The summed E-state index contributed by atoms with van der Waals surface area (Å²) in [5.41, 5.74) is -1.97. The first kappa shape index (κ1) is 83.2. The number of likely N-dealkylation sites (tertiary alicyclic amines) is 1. The maximum absolute atomic E-state index is 16.0. The summed E-state index contributed by atoms with van der Waals surface area (Å²) in [7, 11) is 9.22. The van der Waals surface area contributed by atoms with Crippen LogP contribution in [0.5, 0.6) is 0 Å². The van der Waals surface area contributed by atoms with E-state index in [2.05, 4.69) is 28.1 Å². The molecule has 25 nitrogen and oxygen atoms in total. The highest BCUT2D eigenvalue weighted by molar-refractivity contribution is 6.30. The third kappa shape index (κ3) is 20.1. The van der Waals surface area contributed by atoms with Crippen LogP contribution in [0.4, 0.5) is 0 Å². The number of carbonyl (C=O) groups is 11. The molecule has 7 heterocycles. The summed E-state index contributed by atoms with van der Waals surface area (Å²) in [4.78, 5) is 182. The van der Waals surface area contributed by atoms with Crippen LogP contribution < -0.4 is 16.0 Å². The molecule has 14 atom stereocenters. The Labute approximate surface area is 633 Å². The fourth-order valence-electron chi connectivity index (χ4n) is 18.7. The molecule has 4 unspecified atom stereocenters. The van der Waals surface area contributed by atoms with Crippen molar-refractivity contribution in [2.75, 3.05) is 88.2 Å². The maximum atomic E-state index is 16.0. The number of rotatable bonds is 9. The molecule has 0 aromatic heterocycles. The molecule has 0 radical (unpaired) electrons. The molecule has 4 saturated carbocycles. The number of alkyl halides is 2. The number of aliphatic hydroxyl groups is 1. The number of amides is 11. The van der Waals surface area contributed by atoms with Crippen molar-refractivity contribution in [3.05, 3.63) is 24.3 Å². The number of halogens is 2. The van der Waals surface area contributed by atoms with Crippen molar-refractivity contribution in [3.8, 4) is 0 Å². The van der Waals surface area contributed by atoms with Crippen LogP contribution in [0, 0.1) is 35.0 Å². The van der Waals surface area contributed by atoms with Crippen molar-refractivity contribution in [3.63, 3.8) is 0 Å². The van der Waals surface area contributed by atoms with Crippen LogP contribution in [0.15, 0.2) is 24.3 Å². The normalized spacial score (nSPS) is 34.6. The Morgan fingerprint density at radius 3 is 1.97 bits per heavy atom. The van der Waals surface area contributed by atoms with Gasteiger partial charge in [0.1, 0.15) is 48.0 Å². The summed E-state index contributed by atoms with van der Waals surface area (Å²) in [5, 5.41) is 21.9. The van der Waals surface area contributed by atoms with Crippen molar-refractivity contribution in [1.29, 1.82) is 0 Å². The van der Waals surface area contributed by atoms with E-state index in [1.54, 1.807) is 23.9 Å². The first-order valence-corrected chi connectivity index (χ1v) is 40.5. The van der Waals surface area contributed by atoms with Gasteiger partial charge in [0.15, 0.2) is 0 Å². The lowest BCUT2D eigenvalue weighted by molar-refractivity contribution is -0.165. The summed E-state index contributed by atoms with van der Waals surface area (Å²) >= 11 is 13.4. The van der Waals surface area contributed by atoms with Crippen LogP contribution in [0.1, 0.15) is 202 Å². The van der Waals surface area contributed by atoms with Crippen LogP contribution in [0.25, 0.3) is 0 Å². The molecule has 11 aliphatic rings. The van der Waals surface area contributed by atoms with Crippen LogP contribution in [0.2, 0.25) is 0 Å². The Kier molecular flexibility index (Phi) is 29.3. The second-order valence-electron chi connectivity index (χ2n) is 33.3. The summed E-state index contributed by atoms with van der Waals surface area (Å²) in [6, 6.07) is -9.11. The van der Waals surface area contributed by atoms with Gasteiger partial charge >= 0.3 is 0 Å². The second kappa shape index (κ2) is 37.0. The number of aliphatic hydroxyl groups excluding tert-OH is 1. The minimum absolute atomic E-state index is 0.0110. The second-order valence-corrected chi connectivity index (χ2v) is 34.4. The lowest BCUT2D eigenvalue weighted by Gasteiger charge is -2.55. The highest BCUT2D eigenvalue weighted by Crippen LogP contribution is 2.50. The van der Waals surface area contributed by atoms with Crippen LogP contribution >= 0.6 is 23.2 Å². The fraction of sp³-hybridized carbons (Fsp3) is 0.808. The lowest BCUT2D eigenvalue weighted by atomic mass is 9.58. The molecule has 0 aromatic carbocycles. The number of fused-ring (bicyclic) bond motifs is 22. The quantitative estimate of drug-likeness (QED) is 0.114. The van der Waals surface area contributed by atoms with Gasteiger partial charge < -0.3 is 65.0 Å². The Balaban J connectivity index is 1.15. The monoisotopic (exact) mass is 1510 g/mol. The van der Waals surface area contributed by atoms with Crippen LogP contribution in [-0.4, -0.2) is 279 Å². The van der Waals surface area contributed by atoms with Crippen molar-refractivity contribution in [2.45, 2.75) is 279 Å². The van der Waals surface area contributed by atoms with E-state index in [-0.39, 0.29) is 99.1 Å². The van der Waals surface area contributed by atoms with E-state index in [0.29, 0.717) is 70.9 Å². The number of ether oxygens (including phenoxy) is 1. The Bertz CT molecular complexity index is 3150. The van der Waals surface area contributed by atoms with Gasteiger partial charge in [0.2, 0.25) is 65.0 Å². The molecule has 27 heteroatoms. The zero-order valence-corrected chi connectivity index (χ0v) is 66.1. The summed E-state index contributed by atoms with van der Waals surface area (Å²) < 4.78 is 6.20. The minimum Gasteiger partial charge on any atom is -0.377 e. The molecular formula is C78H124Cl2N12O13. The number of carbonyl (C=O) groups excluding carboxylic acids is 11. The van der Waals surface area contributed by atoms with Crippen molar-refractivity contribution in [2.24, 2.45) is 35.0 Å². The summed E-state index contributed by atoms with van der Waals surface area (Å²) in [6.45, 7) is 9.79. The van der Waals surface area contributed by atoms with Gasteiger partial charge in [-0.05, 0) is 184 Å². The largest absolute Gasteiger partial charge is 0.377 e. The Hall–Kier alpha value is -5.89. The molecule has 0 aromatic rings. The maximum Gasteiger partial charge on any atom is 0.248 e. The zero-order valence-electron chi connectivity index (χ0n) is 64.6. The molecule has 6 bridgehead atoms. The molecular weight excluding hydrogens is 1380 g/mol. The molecule has 588 valence electrons. The van der Waals surface area contributed by atoms with Gasteiger partial charge in [-0.25, -0.2) is 0 Å². The summed E-state index contributed by atoms with van der Waals surface area (Å²) in [5.74, 6) is -6.49. The van der Waals surface area contributed by atoms with E-state index in [9.17, 15) is 19.5 Å². The highest BCUT2D eigenvalue weighted by Gasteiger charge is 2.59. The van der Waals surface area contributed by atoms with E-state index >= 15 is 38.4 Å². The predicted molar refractivity (Wildman–Crippen MR) is 400 cm³/mol. The van der Waals surface area contributed by atoms with Crippen LogP contribution in [0.3, 0.4) is 0 Å². The van der Waals surface area contributed by atoms with E-state index in [4.69, 9.17) is 27.9 Å². The van der Waals surface area contributed by atoms with Gasteiger partial charge in [0.25, 0.3) is 0 Å². The molecule has 7 aliphatic heterocycles. The number of nitrogens with one attached hydrogen (secondary N) is 3.